The Morgan fingerprint density at radius 3 is 1.57 bits per heavy atom. The number of hydrogen-bond acceptors (Lipinski definition) is 1. The Hall–Kier alpha value is 0.390. The van der Waals surface area contributed by atoms with Gasteiger partial charge in [-0.1, -0.05) is 0 Å². The number of rotatable bonds is 1. The fourth-order valence-corrected chi connectivity index (χ4v) is 2.16. The van der Waals surface area contributed by atoms with Crippen LogP contribution in [0.3, 0.4) is 0 Å². The van der Waals surface area contributed by atoms with Crippen molar-refractivity contribution in [2.24, 2.45) is 0 Å². The van der Waals surface area contributed by atoms with Crippen molar-refractivity contribution in [1.29, 1.82) is 0 Å². The number of hydrogen-bond donors (Lipinski definition) is 0. The minimum atomic E-state index is -0.790. The van der Waals surface area contributed by atoms with Crippen LogP contribution in [-0.2, 0) is 0 Å². The van der Waals surface area contributed by atoms with Crippen molar-refractivity contribution >= 4 is 7.41 Å². The van der Waals surface area contributed by atoms with Gasteiger partial charge in [0.05, 0.1) is 0 Å². The summed E-state index contributed by atoms with van der Waals surface area (Å²) in [7, 11) is -0.790. The summed E-state index contributed by atoms with van der Waals surface area (Å²) >= 11 is 0. The molecule has 1 saturated heterocycles. The van der Waals surface area contributed by atoms with Gasteiger partial charge in [0, 0.05) is 0 Å². The summed E-state index contributed by atoms with van der Waals surface area (Å²) in [5.41, 5.74) is 0. The maximum atomic E-state index is 2.58. The number of nitrogens with zero attached hydrogens (tertiary/aromatic N) is 1. The molecule has 0 spiro atoms. The second-order valence-corrected chi connectivity index (χ2v) is 8.13. The summed E-state index contributed by atoms with van der Waals surface area (Å²) < 4.78 is 2.58. The fourth-order valence-electron chi connectivity index (χ4n) is 0.721. The molecular formula is C5H14NP. The van der Waals surface area contributed by atoms with E-state index in [2.05, 4.69) is 24.7 Å². The molecule has 2 heteroatoms. The van der Waals surface area contributed by atoms with Gasteiger partial charge in [0.2, 0.25) is 0 Å². The quantitative estimate of drug-likeness (QED) is 0.365. The molecule has 44 valence electrons. The first-order valence-electron chi connectivity index (χ1n) is 2.86. The van der Waals surface area contributed by atoms with Gasteiger partial charge in [-0.15, -0.1) is 0 Å². The van der Waals surface area contributed by atoms with Crippen LogP contribution >= 0.6 is 7.41 Å². The summed E-state index contributed by atoms with van der Waals surface area (Å²) in [4.78, 5) is 0. The summed E-state index contributed by atoms with van der Waals surface area (Å²) in [5.74, 6) is 0. The third-order valence-corrected chi connectivity index (χ3v) is 3.74. The summed E-state index contributed by atoms with van der Waals surface area (Å²) in [6.45, 7) is 9.91. The molecule has 0 unspecified atom stereocenters. The van der Waals surface area contributed by atoms with Crippen LogP contribution in [0.1, 0.15) is 0 Å². The summed E-state index contributed by atoms with van der Waals surface area (Å²) in [5, 5.41) is 0. The van der Waals surface area contributed by atoms with Crippen molar-refractivity contribution in [2.45, 2.75) is 0 Å². The van der Waals surface area contributed by atoms with Gasteiger partial charge in [0.1, 0.15) is 0 Å². The van der Waals surface area contributed by atoms with Gasteiger partial charge in [0.15, 0.2) is 0 Å². The zero-order chi connectivity index (χ0) is 5.49. The molecule has 1 aliphatic heterocycles. The molecule has 0 aromatic rings. The second kappa shape index (κ2) is 1.43. The van der Waals surface area contributed by atoms with E-state index in [1.807, 2.05) is 0 Å². The molecule has 0 radical (unpaired) electrons. The Labute approximate surface area is 46.1 Å². The van der Waals surface area contributed by atoms with Gasteiger partial charge in [-0.05, 0) is 0 Å². The molecular weight excluding hydrogens is 105 g/mol. The SMILES string of the molecule is C[PH](C)(C)N1CC1. The van der Waals surface area contributed by atoms with Crippen LogP contribution in [0.2, 0.25) is 0 Å². The predicted octanol–water partition coefficient (Wildman–Crippen LogP) is 0.856. The average molecular weight is 119 g/mol. The normalized spacial score (nSPS) is 25.0. The molecule has 1 rings (SSSR count). The first-order chi connectivity index (χ1) is 3.11. The van der Waals surface area contributed by atoms with Crippen LogP contribution in [0, 0.1) is 0 Å². The average Bonchev–Trinajstić information content (AvgIpc) is 1.99. The van der Waals surface area contributed by atoms with Crippen molar-refractivity contribution in [3.8, 4) is 0 Å². The van der Waals surface area contributed by atoms with Crippen LogP contribution in [0.5, 0.6) is 0 Å². The van der Waals surface area contributed by atoms with Crippen molar-refractivity contribution in [1.82, 2.24) is 4.67 Å². The molecule has 1 aliphatic rings. The van der Waals surface area contributed by atoms with E-state index in [1.165, 1.54) is 13.1 Å². The molecule has 0 bridgehead atoms. The van der Waals surface area contributed by atoms with E-state index in [0.29, 0.717) is 0 Å². The van der Waals surface area contributed by atoms with Crippen LogP contribution in [0.4, 0.5) is 0 Å². The molecule has 7 heavy (non-hydrogen) atoms. The molecule has 0 N–H and O–H groups in total. The Kier molecular flexibility index (Phi) is 1.13. The van der Waals surface area contributed by atoms with Crippen LogP contribution in [0.15, 0.2) is 0 Å². The molecule has 0 aliphatic carbocycles. The Morgan fingerprint density at radius 2 is 1.57 bits per heavy atom. The van der Waals surface area contributed by atoms with E-state index in [1.54, 1.807) is 0 Å². The third kappa shape index (κ3) is 1.40. The Bertz CT molecular complexity index is 70.6. The van der Waals surface area contributed by atoms with Crippen molar-refractivity contribution in [3.05, 3.63) is 0 Å². The Morgan fingerprint density at radius 1 is 1.14 bits per heavy atom. The second-order valence-electron chi connectivity index (χ2n) is 3.16. The van der Waals surface area contributed by atoms with E-state index in [9.17, 15) is 0 Å². The van der Waals surface area contributed by atoms with Gasteiger partial charge >= 0.3 is 45.2 Å². The first kappa shape index (κ1) is 5.53. The minimum absolute atomic E-state index is 0.790. The van der Waals surface area contributed by atoms with Gasteiger partial charge in [-0.3, -0.25) is 0 Å². The topological polar surface area (TPSA) is 3.01 Å². The zero-order valence-electron chi connectivity index (χ0n) is 5.36. The van der Waals surface area contributed by atoms with Gasteiger partial charge in [-0.2, -0.15) is 0 Å². The first-order valence-corrected chi connectivity index (χ1v) is 6.30. The van der Waals surface area contributed by atoms with Gasteiger partial charge in [-0.25, -0.2) is 0 Å². The molecule has 1 heterocycles. The van der Waals surface area contributed by atoms with Crippen LogP contribution in [0.25, 0.3) is 0 Å². The molecule has 0 amide bonds. The van der Waals surface area contributed by atoms with Crippen molar-refractivity contribution in [2.75, 3.05) is 33.1 Å². The Balaban J connectivity index is 2.36. The van der Waals surface area contributed by atoms with Crippen LogP contribution < -0.4 is 0 Å². The zero-order valence-corrected chi connectivity index (χ0v) is 6.36. The monoisotopic (exact) mass is 119 g/mol. The standard InChI is InChI=1S/C5H14NP/c1-7(2,3)6-4-5-6/h7H,4-5H2,1-3H3. The molecule has 0 aromatic heterocycles. The molecule has 1 fully saturated rings. The predicted molar refractivity (Wildman–Crippen MR) is 37.7 cm³/mol. The summed E-state index contributed by atoms with van der Waals surface area (Å²) in [6.07, 6.45) is 0. The molecule has 0 saturated carbocycles. The summed E-state index contributed by atoms with van der Waals surface area (Å²) in [6, 6.07) is 0. The third-order valence-electron chi connectivity index (χ3n) is 1.40. The molecule has 0 atom stereocenters. The van der Waals surface area contributed by atoms with E-state index < -0.39 is 7.41 Å². The molecule has 0 aromatic carbocycles. The van der Waals surface area contributed by atoms with Crippen molar-refractivity contribution in [3.63, 3.8) is 0 Å². The van der Waals surface area contributed by atoms with Gasteiger partial charge < -0.3 is 0 Å². The van der Waals surface area contributed by atoms with E-state index in [0.717, 1.165) is 0 Å². The van der Waals surface area contributed by atoms with E-state index in [-0.39, 0.29) is 0 Å². The fraction of sp³-hybridized carbons (Fsp3) is 1.00. The van der Waals surface area contributed by atoms with Crippen molar-refractivity contribution < 1.29 is 0 Å². The van der Waals surface area contributed by atoms with E-state index >= 15 is 0 Å². The van der Waals surface area contributed by atoms with Gasteiger partial charge in [0.25, 0.3) is 0 Å². The van der Waals surface area contributed by atoms with E-state index in [4.69, 9.17) is 0 Å². The molecule has 1 nitrogen and oxygen atoms in total. The van der Waals surface area contributed by atoms with Crippen LogP contribution in [-0.4, -0.2) is 37.8 Å². The maximum absolute atomic E-state index is 2.58.